The standard InChI is InChI=1S/C17H27BrN2O/c1-4-19-13(2)16-6-5-15(11-17(16)18)20(3)12-14-7-9-21-10-8-14/h5-6,11,13-14,19H,4,7-10,12H2,1-3H3. The van der Waals surface area contributed by atoms with Gasteiger partial charge in [0, 0.05) is 43.0 Å². The Hall–Kier alpha value is -0.580. The van der Waals surface area contributed by atoms with Crippen molar-refractivity contribution in [3.05, 3.63) is 28.2 Å². The van der Waals surface area contributed by atoms with E-state index in [0.717, 1.165) is 32.2 Å². The number of halogens is 1. The Labute approximate surface area is 137 Å². The molecule has 1 heterocycles. The summed E-state index contributed by atoms with van der Waals surface area (Å²) in [5.74, 6) is 0.753. The van der Waals surface area contributed by atoms with Gasteiger partial charge in [-0.25, -0.2) is 0 Å². The number of ether oxygens (including phenoxy) is 1. The van der Waals surface area contributed by atoms with Crippen LogP contribution in [0.1, 0.15) is 38.3 Å². The van der Waals surface area contributed by atoms with E-state index < -0.39 is 0 Å². The molecule has 118 valence electrons. The molecule has 1 fully saturated rings. The summed E-state index contributed by atoms with van der Waals surface area (Å²) in [6.07, 6.45) is 2.36. The van der Waals surface area contributed by atoms with Gasteiger partial charge in [-0.15, -0.1) is 0 Å². The van der Waals surface area contributed by atoms with Gasteiger partial charge in [-0.05, 0) is 49.9 Å². The summed E-state index contributed by atoms with van der Waals surface area (Å²) < 4.78 is 6.63. The van der Waals surface area contributed by atoms with Gasteiger partial charge in [0.2, 0.25) is 0 Å². The third-order valence-electron chi connectivity index (χ3n) is 4.27. The van der Waals surface area contributed by atoms with Crippen LogP contribution in [0.25, 0.3) is 0 Å². The van der Waals surface area contributed by atoms with Gasteiger partial charge in [0.05, 0.1) is 0 Å². The lowest BCUT2D eigenvalue weighted by Gasteiger charge is -2.29. The molecule has 1 atom stereocenters. The Balaban J connectivity index is 2.01. The molecule has 0 bridgehead atoms. The monoisotopic (exact) mass is 354 g/mol. The summed E-state index contributed by atoms with van der Waals surface area (Å²) in [7, 11) is 2.19. The number of rotatable bonds is 6. The largest absolute Gasteiger partial charge is 0.381 e. The van der Waals surface area contributed by atoms with E-state index in [2.05, 4.69) is 65.2 Å². The maximum Gasteiger partial charge on any atom is 0.0469 e. The molecule has 0 radical (unpaired) electrons. The van der Waals surface area contributed by atoms with Crippen molar-refractivity contribution in [1.82, 2.24) is 5.32 Å². The minimum atomic E-state index is 0.374. The second-order valence-corrected chi connectivity index (χ2v) is 6.78. The fourth-order valence-electron chi connectivity index (χ4n) is 2.94. The number of nitrogens with zero attached hydrogens (tertiary/aromatic N) is 1. The second-order valence-electron chi connectivity index (χ2n) is 5.92. The third kappa shape index (κ3) is 4.70. The molecule has 1 aromatic rings. The van der Waals surface area contributed by atoms with Crippen LogP contribution in [0.4, 0.5) is 5.69 Å². The minimum Gasteiger partial charge on any atom is -0.381 e. The van der Waals surface area contributed by atoms with Crippen molar-refractivity contribution in [2.45, 2.75) is 32.7 Å². The Morgan fingerprint density at radius 1 is 1.38 bits per heavy atom. The van der Waals surface area contributed by atoms with Gasteiger partial charge in [-0.3, -0.25) is 0 Å². The predicted molar refractivity (Wildman–Crippen MR) is 93.0 cm³/mol. The predicted octanol–water partition coefficient (Wildman–Crippen LogP) is 3.98. The number of hydrogen-bond acceptors (Lipinski definition) is 3. The molecule has 1 N–H and O–H groups in total. The molecule has 2 rings (SSSR count). The van der Waals surface area contributed by atoms with Gasteiger partial charge in [0.15, 0.2) is 0 Å². The average molecular weight is 355 g/mol. The molecule has 1 aliphatic rings. The topological polar surface area (TPSA) is 24.5 Å². The summed E-state index contributed by atoms with van der Waals surface area (Å²) in [6.45, 7) is 8.27. The average Bonchev–Trinajstić information content (AvgIpc) is 2.48. The summed E-state index contributed by atoms with van der Waals surface area (Å²) in [5.41, 5.74) is 2.60. The Bertz CT molecular complexity index is 446. The van der Waals surface area contributed by atoms with Crippen LogP contribution in [0.2, 0.25) is 0 Å². The van der Waals surface area contributed by atoms with E-state index in [9.17, 15) is 0 Å². The molecule has 0 spiro atoms. The van der Waals surface area contributed by atoms with Crippen LogP contribution in [-0.2, 0) is 4.74 Å². The molecule has 21 heavy (non-hydrogen) atoms. The maximum absolute atomic E-state index is 5.44. The molecule has 0 aromatic heterocycles. The quantitative estimate of drug-likeness (QED) is 0.835. The minimum absolute atomic E-state index is 0.374. The molecule has 1 unspecified atom stereocenters. The highest BCUT2D eigenvalue weighted by molar-refractivity contribution is 9.10. The fourth-order valence-corrected chi connectivity index (χ4v) is 3.65. The highest BCUT2D eigenvalue weighted by atomic mass is 79.9. The van der Waals surface area contributed by atoms with Crippen molar-refractivity contribution < 1.29 is 4.74 Å². The summed E-state index contributed by atoms with van der Waals surface area (Å²) in [6, 6.07) is 7.07. The van der Waals surface area contributed by atoms with E-state index in [0.29, 0.717) is 6.04 Å². The molecular weight excluding hydrogens is 328 g/mol. The second kappa shape index (κ2) is 8.16. The molecule has 0 saturated carbocycles. The molecule has 4 heteroatoms. The maximum atomic E-state index is 5.44. The SMILES string of the molecule is CCNC(C)c1ccc(N(C)CC2CCOCC2)cc1Br. The molecule has 0 aliphatic carbocycles. The van der Waals surface area contributed by atoms with Crippen molar-refractivity contribution in [3.63, 3.8) is 0 Å². The third-order valence-corrected chi connectivity index (χ3v) is 4.96. The van der Waals surface area contributed by atoms with Crippen LogP contribution in [0, 0.1) is 5.92 Å². The Kier molecular flexibility index (Phi) is 6.52. The molecule has 0 amide bonds. The van der Waals surface area contributed by atoms with Gasteiger partial charge in [0.1, 0.15) is 0 Å². The van der Waals surface area contributed by atoms with Crippen molar-refractivity contribution in [3.8, 4) is 0 Å². The molecular formula is C17H27BrN2O. The molecule has 1 aromatic carbocycles. The van der Waals surface area contributed by atoms with E-state index in [1.165, 1.54) is 28.6 Å². The van der Waals surface area contributed by atoms with Crippen molar-refractivity contribution >= 4 is 21.6 Å². The smallest absolute Gasteiger partial charge is 0.0469 e. The van der Waals surface area contributed by atoms with Crippen LogP contribution >= 0.6 is 15.9 Å². The number of benzene rings is 1. The lowest BCUT2D eigenvalue weighted by atomic mass is 9.99. The van der Waals surface area contributed by atoms with Crippen LogP contribution in [0.3, 0.4) is 0 Å². The van der Waals surface area contributed by atoms with Gasteiger partial charge < -0.3 is 15.0 Å². The Morgan fingerprint density at radius 3 is 2.71 bits per heavy atom. The first kappa shape index (κ1) is 16.8. The highest BCUT2D eigenvalue weighted by Gasteiger charge is 2.17. The van der Waals surface area contributed by atoms with Gasteiger partial charge in [-0.2, -0.15) is 0 Å². The van der Waals surface area contributed by atoms with E-state index in [1.54, 1.807) is 0 Å². The van der Waals surface area contributed by atoms with Crippen molar-refractivity contribution in [2.75, 3.05) is 38.3 Å². The zero-order chi connectivity index (χ0) is 15.2. The zero-order valence-corrected chi connectivity index (χ0v) is 14.9. The zero-order valence-electron chi connectivity index (χ0n) is 13.4. The summed E-state index contributed by atoms with van der Waals surface area (Å²) in [5, 5.41) is 3.46. The first-order valence-electron chi connectivity index (χ1n) is 7.93. The van der Waals surface area contributed by atoms with E-state index in [4.69, 9.17) is 4.74 Å². The first-order valence-corrected chi connectivity index (χ1v) is 8.72. The van der Waals surface area contributed by atoms with Gasteiger partial charge >= 0.3 is 0 Å². The lowest BCUT2D eigenvalue weighted by Crippen LogP contribution is -2.29. The van der Waals surface area contributed by atoms with Crippen LogP contribution in [0.15, 0.2) is 22.7 Å². The van der Waals surface area contributed by atoms with Crippen LogP contribution < -0.4 is 10.2 Å². The number of anilines is 1. The molecule has 1 aliphatic heterocycles. The first-order chi connectivity index (χ1) is 10.1. The van der Waals surface area contributed by atoms with Crippen LogP contribution in [0.5, 0.6) is 0 Å². The van der Waals surface area contributed by atoms with E-state index >= 15 is 0 Å². The van der Waals surface area contributed by atoms with E-state index in [1.807, 2.05) is 0 Å². The van der Waals surface area contributed by atoms with Gasteiger partial charge in [-0.1, -0.05) is 28.9 Å². The normalized spacial score (nSPS) is 17.7. The summed E-state index contributed by atoms with van der Waals surface area (Å²) >= 11 is 3.72. The highest BCUT2D eigenvalue weighted by Crippen LogP contribution is 2.29. The number of hydrogen-bond donors (Lipinski definition) is 1. The fraction of sp³-hybridized carbons (Fsp3) is 0.647. The summed E-state index contributed by atoms with van der Waals surface area (Å²) in [4.78, 5) is 2.36. The van der Waals surface area contributed by atoms with Gasteiger partial charge in [0.25, 0.3) is 0 Å². The van der Waals surface area contributed by atoms with Crippen LogP contribution in [-0.4, -0.2) is 33.4 Å². The lowest BCUT2D eigenvalue weighted by molar-refractivity contribution is 0.0685. The van der Waals surface area contributed by atoms with Crippen molar-refractivity contribution in [2.24, 2.45) is 5.92 Å². The molecule has 1 saturated heterocycles. The van der Waals surface area contributed by atoms with Crippen molar-refractivity contribution in [1.29, 1.82) is 0 Å². The number of nitrogens with one attached hydrogen (secondary N) is 1. The Morgan fingerprint density at radius 2 is 2.10 bits per heavy atom. The molecule has 3 nitrogen and oxygen atoms in total. The van der Waals surface area contributed by atoms with E-state index in [-0.39, 0.29) is 0 Å².